The third-order valence-electron chi connectivity index (χ3n) is 9.54. The number of methoxy groups -OCH3 is 2. The van der Waals surface area contributed by atoms with Gasteiger partial charge in [-0.05, 0) is 77.6 Å². The topological polar surface area (TPSA) is 137 Å². The second-order valence-corrected chi connectivity index (χ2v) is 15.0. The minimum Gasteiger partial charge on any atom is -0.497 e. The van der Waals surface area contributed by atoms with E-state index in [9.17, 15) is 31.5 Å². The van der Waals surface area contributed by atoms with Crippen LogP contribution in [-0.2, 0) is 36.3 Å². The quantitative estimate of drug-likeness (QED) is 0.0833. The van der Waals surface area contributed by atoms with Crippen LogP contribution in [0.1, 0.15) is 41.3 Å². The van der Waals surface area contributed by atoms with Gasteiger partial charge in [-0.25, -0.2) is 8.42 Å². The number of carbonyl (C=O) groups is 1. The Bertz CT molecular complexity index is 2150. The van der Waals surface area contributed by atoms with E-state index in [4.69, 9.17) is 18.9 Å². The molecule has 3 unspecified atom stereocenters. The van der Waals surface area contributed by atoms with Crippen LogP contribution in [-0.4, -0.2) is 76.0 Å². The average molecular weight is 782 g/mol. The first-order valence-electron chi connectivity index (χ1n) is 17.5. The van der Waals surface area contributed by atoms with E-state index >= 15 is 0 Å². The molecule has 55 heavy (non-hydrogen) atoms. The van der Waals surface area contributed by atoms with Gasteiger partial charge in [-0.1, -0.05) is 54.6 Å². The second-order valence-electron chi connectivity index (χ2n) is 13.3. The SMILES string of the molecule is COc1ccc(C(OCC2OC(n3cc(CCCNC(=O)C(F)(F)F)c4cc(NS(C)(=O)=O)ccc43)CC2O)(c2ccccc2)c2ccc(OC)cc2)cc1. The third-order valence-corrected chi connectivity index (χ3v) is 10.1. The van der Waals surface area contributed by atoms with Crippen LogP contribution in [0.15, 0.2) is 103 Å². The van der Waals surface area contributed by atoms with Crippen molar-refractivity contribution in [1.82, 2.24) is 9.88 Å². The first-order valence-corrected chi connectivity index (χ1v) is 19.4. The van der Waals surface area contributed by atoms with Gasteiger partial charge in [-0.15, -0.1) is 0 Å². The number of aliphatic hydroxyl groups is 1. The van der Waals surface area contributed by atoms with Crippen LogP contribution in [0.4, 0.5) is 18.9 Å². The highest BCUT2D eigenvalue weighted by Crippen LogP contribution is 2.43. The molecule has 0 radical (unpaired) electrons. The predicted molar refractivity (Wildman–Crippen MR) is 201 cm³/mol. The molecule has 3 atom stereocenters. The summed E-state index contributed by atoms with van der Waals surface area (Å²) in [6, 6.07) is 29.8. The van der Waals surface area contributed by atoms with E-state index in [2.05, 4.69) is 4.72 Å². The zero-order valence-corrected chi connectivity index (χ0v) is 31.2. The molecule has 15 heteroatoms. The van der Waals surface area contributed by atoms with Gasteiger partial charge in [0.1, 0.15) is 29.4 Å². The van der Waals surface area contributed by atoms with E-state index < -0.39 is 46.1 Å². The molecule has 1 amide bonds. The number of ether oxygens (including phenoxy) is 4. The Labute approximate surface area is 317 Å². The van der Waals surface area contributed by atoms with Crippen molar-refractivity contribution in [3.05, 3.63) is 126 Å². The molecule has 1 aliphatic rings. The molecule has 2 heterocycles. The molecular weight excluding hydrogens is 740 g/mol. The van der Waals surface area contributed by atoms with Crippen LogP contribution in [0, 0.1) is 0 Å². The summed E-state index contributed by atoms with van der Waals surface area (Å²) in [6.07, 6.45) is -3.97. The smallest absolute Gasteiger partial charge is 0.471 e. The monoisotopic (exact) mass is 781 g/mol. The van der Waals surface area contributed by atoms with Gasteiger partial charge in [0, 0.05) is 30.2 Å². The Hall–Kier alpha value is -5.09. The molecular formula is C40H42F3N3O8S. The Kier molecular flexibility index (Phi) is 11.8. The minimum absolute atomic E-state index is 0.0298. The van der Waals surface area contributed by atoms with Gasteiger partial charge >= 0.3 is 12.1 Å². The molecule has 1 aliphatic heterocycles. The fourth-order valence-corrected chi connectivity index (χ4v) is 7.49. The van der Waals surface area contributed by atoms with Crippen LogP contribution in [0.25, 0.3) is 10.9 Å². The lowest BCUT2D eigenvalue weighted by atomic mass is 9.80. The lowest BCUT2D eigenvalue weighted by molar-refractivity contribution is -0.173. The number of aliphatic hydroxyl groups excluding tert-OH is 1. The average Bonchev–Trinajstić information content (AvgIpc) is 3.72. The lowest BCUT2D eigenvalue weighted by Gasteiger charge is -2.37. The van der Waals surface area contributed by atoms with Gasteiger partial charge in [-0.2, -0.15) is 13.2 Å². The van der Waals surface area contributed by atoms with Gasteiger partial charge in [0.25, 0.3) is 0 Å². The van der Waals surface area contributed by atoms with Crippen molar-refractivity contribution in [2.45, 2.75) is 49.5 Å². The molecule has 5 aromatic rings. The summed E-state index contributed by atoms with van der Waals surface area (Å²) >= 11 is 0. The molecule has 1 aromatic heterocycles. The number of benzene rings is 4. The lowest BCUT2D eigenvalue weighted by Crippen LogP contribution is -2.38. The van der Waals surface area contributed by atoms with Crippen molar-refractivity contribution in [3.63, 3.8) is 0 Å². The highest BCUT2D eigenvalue weighted by Gasteiger charge is 2.42. The predicted octanol–water partition coefficient (Wildman–Crippen LogP) is 6.30. The number of hydrogen-bond donors (Lipinski definition) is 3. The van der Waals surface area contributed by atoms with Gasteiger partial charge in [0.15, 0.2) is 0 Å². The molecule has 3 N–H and O–H groups in total. The highest BCUT2D eigenvalue weighted by atomic mass is 32.2. The number of sulfonamides is 1. The summed E-state index contributed by atoms with van der Waals surface area (Å²) in [6.45, 7) is -0.256. The standard InChI is InChI=1S/C40H42F3N3O8S/c1-51-31-16-11-28(12-17-31)39(27-9-5-4-6-10-27,29-13-18-32(52-2)19-14-29)53-25-36-35(47)23-37(54-36)46-24-26(8-7-21-44-38(48)40(41,42)43)33-22-30(15-20-34(33)46)45-55(3,49)50/h4-6,9-20,22,24,35-37,45,47H,7-8,21,23,25H2,1-3H3,(H,44,48). The van der Waals surface area contributed by atoms with Gasteiger partial charge in [0.05, 0.1) is 38.7 Å². The summed E-state index contributed by atoms with van der Waals surface area (Å²) in [4.78, 5) is 11.3. The van der Waals surface area contributed by atoms with Crippen LogP contribution < -0.4 is 19.5 Å². The van der Waals surface area contributed by atoms with Gasteiger partial charge < -0.3 is 33.9 Å². The molecule has 4 aromatic carbocycles. The Morgan fingerprint density at radius 2 is 1.51 bits per heavy atom. The second kappa shape index (κ2) is 16.3. The normalized spacial score (nSPS) is 17.6. The largest absolute Gasteiger partial charge is 0.497 e. The van der Waals surface area contributed by atoms with Crippen molar-refractivity contribution < 1.29 is 50.4 Å². The van der Waals surface area contributed by atoms with Crippen molar-refractivity contribution in [3.8, 4) is 11.5 Å². The fourth-order valence-electron chi connectivity index (χ4n) is 6.94. The zero-order chi connectivity index (χ0) is 39.4. The number of carbonyl (C=O) groups excluding carboxylic acids is 1. The number of rotatable bonds is 15. The van der Waals surface area contributed by atoms with E-state index in [0.29, 0.717) is 33.7 Å². The number of alkyl halides is 3. The maximum atomic E-state index is 12.7. The van der Waals surface area contributed by atoms with E-state index in [1.54, 1.807) is 38.6 Å². The third kappa shape index (κ3) is 8.91. The van der Waals surface area contributed by atoms with Crippen LogP contribution >= 0.6 is 0 Å². The van der Waals surface area contributed by atoms with Gasteiger partial charge in [0.2, 0.25) is 10.0 Å². The summed E-state index contributed by atoms with van der Waals surface area (Å²) < 4.78 is 90.9. The molecule has 1 saturated heterocycles. The molecule has 0 bridgehead atoms. The number of aryl methyl sites for hydroxylation is 1. The Morgan fingerprint density at radius 3 is 2.07 bits per heavy atom. The number of hydrogen-bond acceptors (Lipinski definition) is 8. The maximum Gasteiger partial charge on any atom is 0.471 e. The molecule has 11 nitrogen and oxygen atoms in total. The summed E-state index contributed by atoms with van der Waals surface area (Å²) in [5, 5.41) is 14.0. The van der Waals surface area contributed by atoms with E-state index in [-0.39, 0.29) is 32.4 Å². The van der Waals surface area contributed by atoms with Crippen LogP contribution in [0.2, 0.25) is 0 Å². The van der Waals surface area contributed by atoms with E-state index in [1.165, 1.54) is 0 Å². The number of nitrogens with one attached hydrogen (secondary N) is 2. The molecule has 0 saturated carbocycles. The zero-order valence-electron chi connectivity index (χ0n) is 30.4. The number of anilines is 1. The molecule has 6 rings (SSSR count). The Balaban J connectivity index is 1.31. The fraction of sp³-hybridized carbons (Fsp3) is 0.325. The highest BCUT2D eigenvalue weighted by molar-refractivity contribution is 7.92. The van der Waals surface area contributed by atoms with Crippen molar-refractivity contribution in [1.29, 1.82) is 0 Å². The summed E-state index contributed by atoms with van der Waals surface area (Å²) in [5.74, 6) is -0.686. The van der Waals surface area contributed by atoms with E-state index in [0.717, 1.165) is 22.9 Å². The Morgan fingerprint density at radius 1 is 0.909 bits per heavy atom. The van der Waals surface area contributed by atoms with E-state index in [1.807, 2.05) is 88.7 Å². The maximum absolute atomic E-state index is 12.7. The number of fused-ring (bicyclic) bond motifs is 1. The number of nitrogens with zero attached hydrogens (tertiary/aromatic N) is 1. The van der Waals surface area contributed by atoms with Crippen molar-refractivity contribution >= 4 is 32.5 Å². The first kappa shape index (κ1) is 39.6. The summed E-state index contributed by atoms with van der Waals surface area (Å²) in [5.41, 5.74) is 2.93. The first-order chi connectivity index (χ1) is 26.2. The molecule has 0 aliphatic carbocycles. The van der Waals surface area contributed by atoms with Crippen molar-refractivity contribution in [2.75, 3.05) is 38.3 Å². The summed E-state index contributed by atoms with van der Waals surface area (Å²) in [7, 11) is -0.423. The number of amides is 1. The minimum atomic E-state index is -4.99. The molecule has 292 valence electrons. The molecule has 1 fully saturated rings. The van der Waals surface area contributed by atoms with Gasteiger partial charge in [-0.3, -0.25) is 9.52 Å². The van der Waals surface area contributed by atoms with Crippen LogP contribution in [0.5, 0.6) is 11.5 Å². The van der Waals surface area contributed by atoms with Crippen molar-refractivity contribution in [2.24, 2.45) is 0 Å². The number of halogens is 3. The molecule has 0 spiro atoms. The number of aromatic nitrogens is 1. The van der Waals surface area contributed by atoms with Crippen LogP contribution in [0.3, 0.4) is 0 Å².